The molecule has 0 saturated heterocycles. The van der Waals surface area contributed by atoms with E-state index < -0.39 is 156 Å². The lowest BCUT2D eigenvalue weighted by Gasteiger charge is -2.44. The second kappa shape index (κ2) is 17.6. The summed E-state index contributed by atoms with van der Waals surface area (Å²) < 4.78 is 296. The van der Waals surface area contributed by atoms with E-state index in [2.05, 4.69) is 0 Å². The highest BCUT2D eigenvalue weighted by atomic mass is 19.2. The van der Waals surface area contributed by atoms with E-state index in [1.54, 1.807) is 10.8 Å². The predicted molar refractivity (Wildman–Crippen MR) is 175 cm³/mol. The maximum absolute atomic E-state index is 15.4. The van der Waals surface area contributed by atoms with Crippen molar-refractivity contribution in [1.82, 2.24) is 0 Å². The average molecular weight is 937 g/mol. The van der Waals surface area contributed by atoms with Crippen molar-refractivity contribution < 1.29 is 112 Å². The van der Waals surface area contributed by atoms with E-state index in [-0.39, 0.29) is 11.1 Å². The van der Waals surface area contributed by atoms with Crippen molar-refractivity contribution in [1.29, 1.82) is 0 Å². The van der Waals surface area contributed by atoms with E-state index in [1.165, 1.54) is 12.3 Å². The number of carboxylic acid groups (broad SMARTS) is 2. The summed E-state index contributed by atoms with van der Waals surface area (Å²) in [4.78, 5) is 22.0. The fourth-order valence-electron chi connectivity index (χ4n) is 6.66. The number of nitrogens with zero attached hydrogens (tertiary/aromatic N) is 1. The topological polar surface area (TPSA) is 78.5 Å². The number of benzene rings is 5. The fraction of sp³-hybridized carbons (Fsp3) is 0.0263. The monoisotopic (exact) mass is 937 g/mol. The Balaban J connectivity index is 0.000000337. The number of rotatable bonds is 8. The number of pyridine rings is 1. The number of halogens is 20. The van der Waals surface area contributed by atoms with Crippen molar-refractivity contribution in [3.8, 4) is 0 Å². The van der Waals surface area contributed by atoms with E-state index in [4.69, 9.17) is 10.2 Å². The van der Waals surface area contributed by atoms with Gasteiger partial charge in [-0.15, -0.1) is 21.9 Å². The third-order valence-corrected chi connectivity index (χ3v) is 9.39. The van der Waals surface area contributed by atoms with Crippen molar-refractivity contribution in [3.63, 3.8) is 0 Å². The highest BCUT2D eigenvalue weighted by Crippen LogP contribution is 2.30. The summed E-state index contributed by atoms with van der Waals surface area (Å²) in [6.07, 6.45) is -4.33. The third kappa shape index (κ3) is 7.48. The Morgan fingerprint density at radius 1 is 0.375 bits per heavy atom. The van der Waals surface area contributed by atoms with Gasteiger partial charge in [-0.25, -0.2) is 97.4 Å². The Morgan fingerprint density at radius 2 is 0.625 bits per heavy atom. The number of carbonyl (C=O) groups is 2. The van der Waals surface area contributed by atoms with Crippen LogP contribution in [0.4, 0.5) is 87.8 Å². The number of hydrogen-bond acceptors (Lipinski definition) is 2. The van der Waals surface area contributed by atoms with Crippen LogP contribution in [0.1, 0.15) is 26.3 Å². The van der Waals surface area contributed by atoms with Gasteiger partial charge in [-0.3, -0.25) is 0 Å². The first-order valence-electron chi connectivity index (χ1n) is 16.5. The van der Waals surface area contributed by atoms with Crippen LogP contribution in [0.3, 0.4) is 0 Å². The summed E-state index contributed by atoms with van der Waals surface area (Å²) in [6.45, 7) is 0.487. The summed E-state index contributed by atoms with van der Waals surface area (Å²) in [5.41, 5.74) is -13.8. The molecule has 336 valence electrons. The standard InChI is InChI=1S/C24BF20.C14H11NO4/c26-5-1(6(27)14(35)21(42)13(5)34)25(2-7(28)15(36)22(43)16(37)8(2)29,3-9(30)17(38)23(44)18(39)10(3)31)4-11(32)19(40)24(45)20(41)12(4)33;16-13(17)11-6-7-15(9-12(11)14(18)19)8-10-4-2-1-3-5-10/h;1-7,9H,8H2,(H-,16,17,18,19)/q-1;/p+1. The molecular formula is C38H12BF20NO4. The van der Waals surface area contributed by atoms with Crippen LogP contribution in [0.25, 0.3) is 0 Å². The zero-order valence-corrected chi connectivity index (χ0v) is 30.1. The van der Waals surface area contributed by atoms with Gasteiger partial charge in [0, 0.05) is 11.6 Å². The van der Waals surface area contributed by atoms with E-state index in [0.717, 1.165) is 5.56 Å². The molecule has 26 heteroatoms. The van der Waals surface area contributed by atoms with Gasteiger partial charge in [-0.2, -0.15) is 4.57 Å². The summed E-state index contributed by atoms with van der Waals surface area (Å²) in [6, 6.07) is 10.8. The van der Waals surface area contributed by atoms with Crippen molar-refractivity contribution in [2.45, 2.75) is 6.54 Å². The molecule has 6 aromatic rings. The SMILES string of the molecule is Fc1c(F)c(F)c([B-](c2c(F)c(F)c(F)c(F)c2F)(c2c(F)c(F)c(F)c(F)c2F)c2c(F)c(F)c(F)c(F)c2F)c(F)c1F.O=C(O)c1cc[n+](Cc2ccccc2)cc1C(=O)O. The molecule has 5 aromatic carbocycles. The first kappa shape index (κ1) is 47.9. The number of aromatic carboxylic acids is 2. The lowest BCUT2D eigenvalue weighted by atomic mass is 9.12. The summed E-state index contributed by atoms with van der Waals surface area (Å²) in [7, 11) is 0. The van der Waals surface area contributed by atoms with Gasteiger partial charge in [0.25, 0.3) is 0 Å². The molecule has 0 fully saturated rings. The average Bonchev–Trinajstić information content (AvgIpc) is 3.26. The summed E-state index contributed by atoms with van der Waals surface area (Å²) in [5, 5.41) is 18.0. The molecule has 0 aliphatic carbocycles. The Labute approximate surface area is 340 Å². The van der Waals surface area contributed by atoms with Gasteiger partial charge in [0.05, 0.1) is 5.56 Å². The number of carboxylic acids is 2. The van der Waals surface area contributed by atoms with Gasteiger partial charge in [0.2, 0.25) is 0 Å². The van der Waals surface area contributed by atoms with Crippen LogP contribution >= 0.6 is 0 Å². The minimum atomic E-state index is -7.22. The van der Waals surface area contributed by atoms with Crippen LogP contribution in [0.5, 0.6) is 0 Å². The Bertz CT molecular complexity index is 2550. The van der Waals surface area contributed by atoms with Gasteiger partial charge in [0.15, 0.2) is 88.7 Å². The zero-order valence-electron chi connectivity index (χ0n) is 30.1. The van der Waals surface area contributed by atoms with E-state index in [1.807, 2.05) is 30.3 Å². The fourth-order valence-corrected chi connectivity index (χ4v) is 6.66. The summed E-state index contributed by atoms with van der Waals surface area (Å²) in [5.74, 6) is -73.9. The molecule has 0 saturated carbocycles. The van der Waals surface area contributed by atoms with Crippen LogP contribution in [-0.2, 0) is 6.54 Å². The van der Waals surface area contributed by atoms with Gasteiger partial charge in [-0.05, 0) is 0 Å². The normalized spacial score (nSPS) is 11.4. The Kier molecular flexibility index (Phi) is 13.1. The van der Waals surface area contributed by atoms with E-state index in [9.17, 15) is 62.3 Å². The van der Waals surface area contributed by atoms with Crippen LogP contribution in [0.15, 0.2) is 48.8 Å². The Morgan fingerprint density at radius 3 is 0.875 bits per heavy atom. The maximum Gasteiger partial charge on any atom is 0.342 e. The second-order valence-corrected chi connectivity index (χ2v) is 12.8. The molecule has 0 radical (unpaired) electrons. The predicted octanol–water partition coefficient (Wildman–Crippen LogP) is 7.26. The number of hydrogen-bond donors (Lipinski definition) is 2. The first-order chi connectivity index (χ1) is 29.8. The highest BCUT2D eigenvalue weighted by molar-refractivity contribution is 7.20. The molecule has 0 aliphatic heterocycles. The molecule has 64 heavy (non-hydrogen) atoms. The van der Waals surface area contributed by atoms with Crippen LogP contribution < -0.4 is 26.4 Å². The summed E-state index contributed by atoms with van der Waals surface area (Å²) >= 11 is 0. The van der Waals surface area contributed by atoms with Gasteiger partial charge in [0.1, 0.15) is 58.2 Å². The minimum Gasteiger partial charge on any atom is -0.478 e. The largest absolute Gasteiger partial charge is 0.478 e. The quantitative estimate of drug-likeness (QED) is 0.0555. The smallest absolute Gasteiger partial charge is 0.342 e. The molecule has 0 atom stereocenters. The van der Waals surface area contributed by atoms with E-state index >= 15 is 35.1 Å². The van der Waals surface area contributed by atoms with Crippen molar-refractivity contribution >= 4 is 39.9 Å². The minimum absolute atomic E-state index is 0.211. The molecule has 0 unspecified atom stereocenters. The third-order valence-electron chi connectivity index (χ3n) is 9.39. The second-order valence-electron chi connectivity index (χ2n) is 12.8. The molecule has 0 aliphatic rings. The van der Waals surface area contributed by atoms with Gasteiger partial charge < -0.3 is 10.2 Å². The van der Waals surface area contributed by atoms with Crippen LogP contribution in [-0.4, -0.2) is 28.3 Å². The lowest BCUT2D eigenvalue weighted by molar-refractivity contribution is -0.688. The van der Waals surface area contributed by atoms with Crippen LogP contribution in [0.2, 0.25) is 0 Å². The molecule has 1 aromatic heterocycles. The molecule has 0 spiro atoms. The molecular weight excluding hydrogens is 925 g/mol. The first-order valence-corrected chi connectivity index (χ1v) is 16.5. The molecule has 0 amide bonds. The molecule has 5 nitrogen and oxygen atoms in total. The molecule has 2 N–H and O–H groups in total. The molecule has 1 heterocycles. The van der Waals surface area contributed by atoms with E-state index in [0.29, 0.717) is 6.54 Å². The lowest BCUT2D eigenvalue weighted by Crippen LogP contribution is -2.81. The Hall–Kier alpha value is -7.15. The molecule has 6 rings (SSSR count). The van der Waals surface area contributed by atoms with Crippen molar-refractivity contribution in [2.75, 3.05) is 0 Å². The van der Waals surface area contributed by atoms with Crippen molar-refractivity contribution in [3.05, 3.63) is 182 Å². The van der Waals surface area contributed by atoms with Crippen LogP contribution in [0, 0.1) is 116 Å². The maximum atomic E-state index is 15.4. The van der Waals surface area contributed by atoms with Gasteiger partial charge >= 0.3 is 11.9 Å². The molecule has 0 bridgehead atoms. The number of aromatic nitrogens is 1. The van der Waals surface area contributed by atoms with Crippen molar-refractivity contribution in [2.24, 2.45) is 0 Å². The highest BCUT2D eigenvalue weighted by Gasteiger charge is 2.52. The van der Waals surface area contributed by atoms with Gasteiger partial charge in [-0.1, -0.05) is 30.3 Å². The zero-order chi connectivity index (χ0) is 48.2.